The number of hydrogen-bond acceptors (Lipinski definition) is 8. The maximum atomic E-state index is 13.0. The zero-order valence-electron chi connectivity index (χ0n) is 17.9. The van der Waals surface area contributed by atoms with Crippen molar-refractivity contribution in [3.05, 3.63) is 69.4 Å². The summed E-state index contributed by atoms with van der Waals surface area (Å²) in [5, 5.41) is 0. The highest BCUT2D eigenvalue weighted by Crippen LogP contribution is 2.39. The van der Waals surface area contributed by atoms with E-state index in [1.807, 2.05) is 31.2 Å². The number of ether oxygens (including phenoxy) is 4. The van der Waals surface area contributed by atoms with E-state index in [1.54, 1.807) is 12.1 Å². The van der Waals surface area contributed by atoms with Crippen molar-refractivity contribution in [2.75, 3.05) is 21.3 Å². The summed E-state index contributed by atoms with van der Waals surface area (Å²) in [6.07, 6.45) is 0. The average Bonchev–Trinajstić information content (AvgIpc) is 3.17. The first-order valence-electron chi connectivity index (χ1n) is 9.61. The molecule has 0 aliphatic heterocycles. The van der Waals surface area contributed by atoms with Crippen LogP contribution in [0.2, 0.25) is 0 Å². The van der Waals surface area contributed by atoms with Gasteiger partial charge in [0.1, 0.15) is 5.75 Å². The molecular formula is C24H20O7S. The van der Waals surface area contributed by atoms with E-state index >= 15 is 0 Å². The maximum absolute atomic E-state index is 13.0. The molecule has 0 fully saturated rings. The van der Waals surface area contributed by atoms with Gasteiger partial charge < -0.3 is 23.4 Å². The smallest absolute Gasteiger partial charge is 0.396 e. The van der Waals surface area contributed by atoms with Crippen molar-refractivity contribution in [3.8, 4) is 34.1 Å². The van der Waals surface area contributed by atoms with Crippen LogP contribution in [-0.2, 0) is 0 Å². The molecule has 0 saturated heterocycles. The van der Waals surface area contributed by atoms with Crippen molar-refractivity contribution in [3.63, 3.8) is 0 Å². The lowest BCUT2D eigenvalue weighted by Gasteiger charge is -2.14. The standard InChI is InChI=1S/C24H20O7S/c1-13-7-5-6-8-16(13)17-11-15(12-20-21(17)31-24(26)32-20)30-23(25)14-9-18(27-2)22(29-4)19(10-14)28-3/h5-12H,1-4H3. The Labute approximate surface area is 187 Å². The molecule has 1 aromatic heterocycles. The number of benzene rings is 3. The van der Waals surface area contributed by atoms with Crippen LogP contribution in [-0.4, -0.2) is 27.3 Å². The third-order valence-corrected chi connectivity index (χ3v) is 5.73. The molecular weight excluding hydrogens is 432 g/mol. The van der Waals surface area contributed by atoms with Crippen LogP contribution in [0.15, 0.2) is 57.7 Å². The summed E-state index contributed by atoms with van der Waals surface area (Å²) in [7, 11) is 4.42. The van der Waals surface area contributed by atoms with Gasteiger partial charge in [-0.2, -0.15) is 0 Å². The molecule has 0 aliphatic carbocycles. The maximum Gasteiger partial charge on any atom is 0.396 e. The molecule has 0 unspecified atom stereocenters. The lowest BCUT2D eigenvalue weighted by molar-refractivity contribution is 0.0734. The fourth-order valence-electron chi connectivity index (χ4n) is 3.45. The van der Waals surface area contributed by atoms with Gasteiger partial charge in [-0.15, -0.1) is 0 Å². The molecule has 4 aromatic rings. The Morgan fingerprint density at radius 3 is 2.22 bits per heavy atom. The van der Waals surface area contributed by atoms with Gasteiger partial charge in [0.25, 0.3) is 0 Å². The number of rotatable bonds is 6. The number of hydrogen-bond donors (Lipinski definition) is 0. The van der Waals surface area contributed by atoms with Crippen LogP contribution in [0.25, 0.3) is 21.4 Å². The normalized spacial score (nSPS) is 10.8. The lowest BCUT2D eigenvalue weighted by atomic mass is 10.00. The summed E-state index contributed by atoms with van der Waals surface area (Å²) in [6, 6.07) is 14.0. The van der Waals surface area contributed by atoms with E-state index in [1.165, 1.54) is 33.5 Å². The van der Waals surface area contributed by atoms with Crippen molar-refractivity contribution in [1.29, 1.82) is 0 Å². The fraction of sp³-hybridized carbons (Fsp3) is 0.167. The van der Waals surface area contributed by atoms with Crippen molar-refractivity contribution in [1.82, 2.24) is 0 Å². The molecule has 0 atom stereocenters. The second-order valence-corrected chi connectivity index (χ2v) is 7.85. The minimum atomic E-state index is -0.616. The van der Waals surface area contributed by atoms with Crippen molar-refractivity contribution in [2.24, 2.45) is 0 Å². The van der Waals surface area contributed by atoms with Crippen molar-refractivity contribution < 1.29 is 28.2 Å². The predicted molar refractivity (Wildman–Crippen MR) is 122 cm³/mol. The van der Waals surface area contributed by atoms with Crippen LogP contribution >= 0.6 is 11.3 Å². The first-order valence-corrected chi connectivity index (χ1v) is 10.4. The summed E-state index contributed by atoms with van der Waals surface area (Å²) >= 11 is 0.951. The second kappa shape index (κ2) is 8.76. The Balaban J connectivity index is 1.78. The molecule has 1 heterocycles. The quantitative estimate of drug-likeness (QED) is 0.298. The molecule has 4 rings (SSSR count). The molecule has 7 nitrogen and oxygen atoms in total. The van der Waals surface area contributed by atoms with E-state index in [2.05, 4.69) is 0 Å². The van der Waals surface area contributed by atoms with Crippen molar-refractivity contribution in [2.45, 2.75) is 6.92 Å². The predicted octanol–water partition coefficient (Wildman–Crippen LogP) is 5.07. The van der Waals surface area contributed by atoms with Crippen LogP contribution in [0, 0.1) is 6.92 Å². The Bertz CT molecular complexity index is 1340. The molecule has 0 spiro atoms. The van der Waals surface area contributed by atoms with E-state index in [-0.39, 0.29) is 11.3 Å². The summed E-state index contributed by atoms with van der Waals surface area (Å²) in [5.74, 6) is 0.713. The highest BCUT2D eigenvalue weighted by molar-refractivity contribution is 7.16. The molecule has 0 amide bonds. The largest absolute Gasteiger partial charge is 0.493 e. The van der Waals surface area contributed by atoms with E-state index < -0.39 is 10.9 Å². The Morgan fingerprint density at radius 1 is 0.906 bits per heavy atom. The Kier molecular flexibility index (Phi) is 5.87. The molecule has 164 valence electrons. The Morgan fingerprint density at radius 2 is 1.59 bits per heavy atom. The second-order valence-electron chi connectivity index (χ2n) is 6.87. The zero-order chi connectivity index (χ0) is 22.8. The number of carbonyl (C=O) groups excluding carboxylic acids is 1. The first kappa shape index (κ1) is 21.5. The van der Waals surface area contributed by atoms with Gasteiger partial charge in [0.05, 0.1) is 31.6 Å². The summed E-state index contributed by atoms with van der Waals surface area (Å²) in [5.41, 5.74) is 3.23. The number of esters is 1. The van der Waals surface area contributed by atoms with Crippen LogP contribution in [0.4, 0.5) is 0 Å². The number of carbonyl (C=O) groups is 1. The highest BCUT2D eigenvalue weighted by Gasteiger charge is 2.20. The monoisotopic (exact) mass is 452 g/mol. The van der Waals surface area contributed by atoms with Gasteiger partial charge in [0.2, 0.25) is 5.75 Å². The molecule has 0 aliphatic rings. The molecule has 32 heavy (non-hydrogen) atoms. The minimum absolute atomic E-state index is 0.220. The minimum Gasteiger partial charge on any atom is -0.493 e. The number of aryl methyl sites for hydroxylation is 1. The van der Waals surface area contributed by atoms with E-state index in [4.69, 9.17) is 23.4 Å². The van der Waals surface area contributed by atoms with Gasteiger partial charge in [-0.1, -0.05) is 35.6 Å². The van der Waals surface area contributed by atoms with Crippen LogP contribution < -0.4 is 23.9 Å². The van der Waals surface area contributed by atoms with E-state index in [0.29, 0.717) is 33.1 Å². The first-order chi connectivity index (χ1) is 15.4. The highest BCUT2D eigenvalue weighted by atomic mass is 32.1. The van der Waals surface area contributed by atoms with Gasteiger partial charge in [-0.05, 0) is 36.2 Å². The topological polar surface area (TPSA) is 84.2 Å². The SMILES string of the molecule is COc1cc(C(=O)Oc2cc(-c3ccccc3C)c3oc(=O)sc3c2)cc(OC)c1OC. The summed E-state index contributed by atoms with van der Waals surface area (Å²) < 4.78 is 27.6. The van der Waals surface area contributed by atoms with Gasteiger partial charge in [0, 0.05) is 11.6 Å². The number of methoxy groups -OCH3 is 3. The van der Waals surface area contributed by atoms with Crippen LogP contribution in [0.1, 0.15) is 15.9 Å². The number of fused-ring (bicyclic) bond motifs is 1. The molecule has 0 bridgehead atoms. The Hall–Kier alpha value is -3.78. The van der Waals surface area contributed by atoms with E-state index in [9.17, 15) is 9.59 Å². The summed E-state index contributed by atoms with van der Waals surface area (Å²) in [6.45, 7) is 1.96. The zero-order valence-corrected chi connectivity index (χ0v) is 18.7. The van der Waals surface area contributed by atoms with Gasteiger partial charge in [-0.25, -0.2) is 9.59 Å². The summed E-state index contributed by atoms with van der Waals surface area (Å²) in [4.78, 5) is 24.4. The van der Waals surface area contributed by atoms with E-state index in [0.717, 1.165) is 22.5 Å². The van der Waals surface area contributed by atoms with Crippen molar-refractivity contribution >= 4 is 27.6 Å². The lowest BCUT2D eigenvalue weighted by Crippen LogP contribution is -2.10. The molecule has 0 N–H and O–H groups in total. The average molecular weight is 452 g/mol. The molecule has 3 aromatic carbocycles. The van der Waals surface area contributed by atoms with Crippen LogP contribution in [0.5, 0.6) is 23.0 Å². The van der Waals surface area contributed by atoms with Gasteiger partial charge >= 0.3 is 10.9 Å². The van der Waals surface area contributed by atoms with Crippen LogP contribution in [0.3, 0.4) is 0 Å². The molecule has 0 saturated carbocycles. The molecule has 8 heteroatoms. The van der Waals surface area contributed by atoms with Gasteiger partial charge in [0.15, 0.2) is 17.1 Å². The third kappa shape index (κ3) is 3.92. The third-order valence-electron chi connectivity index (χ3n) is 4.95. The van der Waals surface area contributed by atoms with Gasteiger partial charge in [-0.3, -0.25) is 0 Å². The fourth-order valence-corrected chi connectivity index (χ4v) is 4.17. The molecule has 0 radical (unpaired) electrons.